The van der Waals surface area contributed by atoms with Crippen molar-refractivity contribution in [3.8, 4) is 5.75 Å². The maximum Gasteiger partial charge on any atom is 0.228 e. The van der Waals surface area contributed by atoms with Gasteiger partial charge in [-0.15, -0.1) is 0 Å². The van der Waals surface area contributed by atoms with Crippen LogP contribution in [0.1, 0.15) is 24.5 Å². The number of carbonyl (C=O) groups is 1. The van der Waals surface area contributed by atoms with Crippen LogP contribution in [0.3, 0.4) is 0 Å². The number of benzene rings is 1. The summed E-state index contributed by atoms with van der Waals surface area (Å²) in [5.41, 5.74) is 8.39. The molecule has 100 valence electrons. The number of hydrogen-bond donors (Lipinski definition) is 2. The Balaban J connectivity index is 2.99. The fourth-order valence-electron chi connectivity index (χ4n) is 2.01. The van der Waals surface area contributed by atoms with Crippen LogP contribution in [0.4, 0.5) is 5.69 Å². The fraction of sp³-hybridized carbons (Fsp3) is 0.500. The molecule has 1 atom stereocenters. The van der Waals surface area contributed by atoms with Gasteiger partial charge in [0.1, 0.15) is 5.75 Å². The molecular weight excluding hydrogens is 228 g/mol. The number of ether oxygens (including phenoxy) is 1. The van der Waals surface area contributed by atoms with Crippen molar-refractivity contribution in [2.75, 3.05) is 19.0 Å². The zero-order valence-corrected chi connectivity index (χ0v) is 11.5. The van der Waals surface area contributed by atoms with Crippen LogP contribution >= 0.6 is 0 Å². The van der Waals surface area contributed by atoms with Crippen molar-refractivity contribution < 1.29 is 9.53 Å². The van der Waals surface area contributed by atoms with Crippen molar-refractivity contribution >= 4 is 11.6 Å². The normalized spacial score (nSPS) is 12.1. The molecule has 1 amide bonds. The summed E-state index contributed by atoms with van der Waals surface area (Å²) >= 11 is 0. The molecule has 0 aliphatic carbocycles. The molecule has 0 saturated heterocycles. The molecule has 1 unspecified atom stereocenters. The molecule has 0 aliphatic rings. The molecular formula is C14H22N2O2. The first-order valence-corrected chi connectivity index (χ1v) is 6.19. The van der Waals surface area contributed by atoms with E-state index in [4.69, 9.17) is 10.5 Å². The van der Waals surface area contributed by atoms with Gasteiger partial charge < -0.3 is 15.8 Å². The number of aryl methyl sites for hydroxylation is 2. The third-order valence-corrected chi connectivity index (χ3v) is 3.03. The third-order valence-electron chi connectivity index (χ3n) is 3.03. The average molecular weight is 250 g/mol. The molecule has 0 aromatic heterocycles. The molecule has 4 nitrogen and oxygen atoms in total. The number of anilines is 1. The predicted molar refractivity (Wildman–Crippen MR) is 73.9 cm³/mol. The lowest BCUT2D eigenvalue weighted by atomic mass is 10.1. The maximum atomic E-state index is 12.0. The quantitative estimate of drug-likeness (QED) is 0.842. The highest BCUT2D eigenvalue weighted by Crippen LogP contribution is 2.30. The van der Waals surface area contributed by atoms with Crippen LogP contribution < -0.4 is 15.8 Å². The van der Waals surface area contributed by atoms with Crippen LogP contribution in [0.15, 0.2) is 12.1 Å². The van der Waals surface area contributed by atoms with Gasteiger partial charge in [-0.2, -0.15) is 0 Å². The van der Waals surface area contributed by atoms with Crippen LogP contribution in [0.25, 0.3) is 0 Å². The summed E-state index contributed by atoms with van der Waals surface area (Å²) in [7, 11) is 1.60. The summed E-state index contributed by atoms with van der Waals surface area (Å²) in [6.07, 6.45) is 0.732. The molecule has 1 rings (SSSR count). The van der Waals surface area contributed by atoms with Crippen LogP contribution in [0.5, 0.6) is 5.75 Å². The summed E-state index contributed by atoms with van der Waals surface area (Å²) in [4.78, 5) is 12.0. The first kappa shape index (κ1) is 14.5. The van der Waals surface area contributed by atoms with Crippen molar-refractivity contribution in [2.45, 2.75) is 27.2 Å². The molecule has 0 aliphatic heterocycles. The lowest BCUT2D eigenvalue weighted by Crippen LogP contribution is -2.28. The van der Waals surface area contributed by atoms with Gasteiger partial charge in [-0.25, -0.2) is 0 Å². The van der Waals surface area contributed by atoms with Gasteiger partial charge in [0.15, 0.2) is 0 Å². The maximum absolute atomic E-state index is 12.0. The van der Waals surface area contributed by atoms with E-state index in [1.54, 1.807) is 7.11 Å². The van der Waals surface area contributed by atoms with Gasteiger partial charge in [0.2, 0.25) is 5.91 Å². The second-order valence-electron chi connectivity index (χ2n) is 4.49. The van der Waals surface area contributed by atoms with Gasteiger partial charge in [0.05, 0.1) is 18.7 Å². The van der Waals surface area contributed by atoms with E-state index in [-0.39, 0.29) is 11.8 Å². The highest BCUT2D eigenvalue weighted by Gasteiger charge is 2.17. The Labute approximate surface area is 109 Å². The minimum atomic E-state index is -0.157. The van der Waals surface area contributed by atoms with Crippen molar-refractivity contribution in [3.63, 3.8) is 0 Å². The Morgan fingerprint density at radius 1 is 1.44 bits per heavy atom. The number of nitrogens with two attached hydrogens (primary N) is 1. The fourth-order valence-corrected chi connectivity index (χ4v) is 2.01. The summed E-state index contributed by atoms with van der Waals surface area (Å²) in [5, 5.41) is 2.90. The zero-order chi connectivity index (χ0) is 13.7. The third kappa shape index (κ3) is 3.23. The first-order chi connectivity index (χ1) is 8.53. The Bertz CT molecular complexity index is 426. The second kappa shape index (κ2) is 6.40. The van der Waals surface area contributed by atoms with Crippen molar-refractivity contribution in [2.24, 2.45) is 11.7 Å². The van der Waals surface area contributed by atoms with E-state index < -0.39 is 0 Å². The van der Waals surface area contributed by atoms with E-state index in [1.165, 1.54) is 0 Å². The monoisotopic (exact) mass is 250 g/mol. The molecule has 0 spiro atoms. The van der Waals surface area contributed by atoms with E-state index in [2.05, 4.69) is 5.32 Å². The predicted octanol–water partition coefficient (Wildman–Crippen LogP) is 2.24. The number of rotatable bonds is 5. The summed E-state index contributed by atoms with van der Waals surface area (Å²) in [5.74, 6) is 0.500. The molecule has 0 saturated carbocycles. The minimum absolute atomic E-state index is 0.0525. The van der Waals surface area contributed by atoms with Gasteiger partial charge in [-0.1, -0.05) is 13.0 Å². The highest BCUT2D eigenvalue weighted by atomic mass is 16.5. The first-order valence-electron chi connectivity index (χ1n) is 6.19. The average Bonchev–Trinajstić information content (AvgIpc) is 2.30. The summed E-state index contributed by atoms with van der Waals surface area (Å²) in [6.45, 7) is 6.26. The smallest absolute Gasteiger partial charge is 0.228 e. The molecule has 0 radical (unpaired) electrons. The van der Waals surface area contributed by atoms with Crippen molar-refractivity contribution in [1.29, 1.82) is 0 Å². The largest absolute Gasteiger partial charge is 0.494 e. The Hall–Kier alpha value is -1.55. The molecule has 18 heavy (non-hydrogen) atoms. The SMILES string of the molecule is CCC(CN)C(=O)Nc1cc(C)cc(C)c1OC. The van der Waals surface area contributed by atoms with Crippen LogP contribution in [-0.2, 0) is 4.79 Å². The van der Waals surface area contributed by atoms with E-state index >= 15 is 0 Å². The summed E-state index contributed by atoms with van der Waals surface area (Å²) < 4.78 is 5.33. The van der Waals surface area contributed by atoms with Crippen molar-refractivity contribution in [1.82, 2.24) is 0 Å². The minimum Gasteiger partial charge on any atom is -0.494 e. The number of amides is 1. The van der Waals surface area contributed by atoms with Gasteiger partial charge in [-0.05, 0) is 37.5 Å². The molecule has 1 aromatic carbocycles. The van der Waals surface area contributed by atoms with E-state index in [9.17, 15) is 4.79 Å². The van der Waals surface area contributed by atoms with Crippen LogP contribution in [0.2, 0.25) is 0 Å². The van der Waals surface area contributed by atoms with Crippen LogP contribution in [0, 0.1) is 19.8 Å². The lowest BCUT2D eigenvalue weighted by Gasteiger charge is -2.17. The lowest BCUT2D eigenvalue weighted by molar-refractivity contribution is -0.119. The summed E-state index contributed by atoms with van der Waals surface area (Å²) in [6, 6.07) is 3.93. The second-order valence-corrected chi connectivity index (χ2v) is 4.49. The number of carbonyl (C=O) groups excluding carboxylic acids is 1. The van der Waals surface area contributed by atoms with Gasteiger partial charge in [0.25, 0.3) is 0 Å². The van der Waals surface area contributed by atoms with E-state index in [0.717, 1.165) is 17.5 Å². The Morgan fingerprint density at radius 3 is 2.61 bits per heavy atom. The van der Waals surface area contributed by atoms with Crippen LogP contribution in [-0.4, -0.2) is 19.6 Å². The highest BCUT2D eigenvalue weighted by molar-refractivity contribution is 5.94. The Kier molecular flexibility index (Phi) is 5.16. The van der Waals surface area contributed by atoms with Crippen molar-refractivity contribution in [3.05, 3.63) is 23.3 Å². The zero-order valence-electron chi connectivity index (χ0n) is 11.5. The molecule has 4 heteroatoms. The Morgan fingerprint density at radius 2 is 2.11 bits per heavy atom. The topological polar surface area (TPSA) is 64.4 Å². The van der Waals surface area contributed by atoms with Gasteiger partial charge >= 0.3 is 0 Å². The van der Waals surface area contributed by atoms with E-state index in [0.29, 0.717) is 18.0 Å². The molecule has 0 heterocycles. The van der Waals surface area contributed by atoms with Gasteiger partial charge in [-0.3, -0.25) is 4.79 Å². The molecule has 3 N–H and O–H groups in total. The molecule has 0 bridgehead atoms. The number of methoxy groups -OCH3 is 1. The standard InChI is InChI=1S/C14H22N2O2/c1-5-11(8-15)14(17)16-12-7-9(2)6-10(3)13(12)18-4/h6-7,11H,5,8,15H2,1-4H3,(H,16,17). The molecule has 1 aromatic rings. The van der Waals surface area contributed by atoms with E-state index in [1.807, 2.05) is 32.9 Å². The number of hydrogen-bond acceptors (Lipinski definition) is 3. The molecule has 0 fully saturated rings. The van der Waals surface area contributed by atoms with Gasteiger partial charge in [0, 0.05) is 6.54 Å². The number of nitrogens with one attached hydrogen (secondary N) is 1.